The molecule has 1 atom stereocenters. The minimum Gasteiger partial charge on any atom is -0.490 e. The van der Waals surface area contributed by atoms with E-state index < -0.39 is 0 Å². The maximum Gasteiger partial charge on any atom is 0.161 e. The van der Waals surface area contributed by atoms with E-state index in [9.17, 15) is 0 Å². The normalized spacial score (nSPS) is 12.2. The smallest absolute Gasteiger partial charge is 0.161 e. The molecule has 1 rings (SSSR count). The highest BCUT2D eigenvalue weighted by Crippen LogP contribution is 2.28. The summed E-state index contributed by atoms with van der Waals surface area (Å²) in [5.74, 6) is 2.31. The van der Waals surface area contributed by atoms with Crippen LogP contribution in [-0.4, -0.2) is 19.8 Å². The van der Waals surface area contributed by atoms with Crippen LogP contribution in [0, 0.1) is 12.8 Å². The molecule has 3 heteroatoms. The van der Waals surface area contributed by atoms with Gasteiger partial charge in [-0.25, -0.2) is 0 Å². The van der Waals surface area contributed by atoms with Gasteiger partial charge in [-0.1, -0.05) is 26.3 Å². The van der Waals surface area contributed by atoms with E-state index in [1.54, 1.807) is 0 Å². The largest absolute Gasteiger partial charge is 0.490 e. The molecule has 0 saturated carbocycles. The second-order valence-electron chi connectivity index (χ2n) is 4.74. The van der Waals surface area contributed by atoms with Crippen molar-refractivity contribution in [3.05, 3.63) is 23.8 Å². The lowest BCUT2D eigenvalue weighted by Crippen LogP contribution is -2.11. The highest BCUT2D eigenvalue weighted by molar-refractivity contribution is 5.42. The Hall–Kier alpha value is -1.22. The van der Waals surface area contributed by atoms with Crippen LogP contribution in [0.5, 0.6) is 11.5 Å². The highest BCUT2D eigenvalue weighted by atomic mass is 16.5. The average Bonchev–Trinajstić information content (AvgIpc) is 2.37. The lowest BCUT2D eigenvalue weighted by atomic mass is 10.1. The Morgan fingerprint density at radius 3 is 2.56 bits per heavy atom. The van der Waals surface area contributed by atoms with Crippen LogP contribution in [0.3, 0.4) is 0 Å². The van der Waals surface area contributed by atoms with Gasteiger partial charge in [0.05, 0.1) is 6.61 Å². The maximum atomic E-state index is 5.82. The average molecular weight is 251 g/mol. The number of rotatable bonds is 8. The number of benzene rings is 1. The van der Waals surface area contributed by atoms with Gasteiger partial charge in [0.1, 0.15) is 6.61 Å². The summed E-state index contributed by atoms with van der Waals surface area (Å²) in [6, 6.07) is 5.99. The van der Waals surface area contributed by atoms with Crippen molar-refractivity contribution >= 4 is 0 Å². The van der Waals surface area contributed by atoms with Crippen LogP contribution in [-0.2, 0) is 0 Å². The molecule has 0 aliphatic heterocycles. The molecule has 1 aromatic carbocycles. The summed E-state index contributed by atoms with van der Waals surface area (Å²) in [7, 11) is 0. The van der Waals surface area contributed by atoms with E-state index in [0.29, 0.717) is 19.1 Å². The molecule has 1 unspecified atom stereocenters. The Morgan fingerprint density at radius 1 is 1.17 bits per heavy atom. The zero-order chi connectivity index (χ0) is 13.4. The second kappa shape index (κ2) is 7.98. The third kappa shape index (κ3) is 4.96. The molecule has 0 aliphatic carbocycles. The zero-order valence-electron chi connectivity index (χ0n) is 11.7. The van der Waals surface area contributed by atoms with Gasteiger partial charge >= 0.3 is 0 Å². The van der Waals surface area contributed by atoms with Crippen molar-refractivity contribution in [1.29, 1.82) is 0 Å². The molecule has 2 N–H and O–H groups in total. The van der Waals surface area contributed by atoms with E-state index >= 15 is 0 Å². The summed E-state index contributed by atoms with van der Waals surface area (Å²) in [6.07, 6.45) is 2.26. The van der Waals surface area contributed by atoms with E-state index in [4.69, 9.17) is 15.2 Å². The third-order valence-electron chi connectivity index (χ3n) is 3.04. The topological polar surface area (TPSA) is 44.5 Å². The van der Waals surface area contributed by atoms with Gasteiger partial charge < -0.3 is 15.2 Å². The molecule has 1 aromatic rings. The fourth-order valence-corrected chi connectivity index (χ4v) is 1.59. The lowest BCUT2D eigenvalue weighted by Gasteiger charge is -2.14. The number of aryl methyl sites for hydroxylation is 1. The van der Waals surface area contributed by atoms with Crippen molar-refractivity contribution in [2.45, 2.75) is 33.6 Å². The molecule has 0 aliphatic rings. The molecule has 0 aromatic heterocycles. The fraction of sp³-hybridized carbons (Fsp3) is 0.600. The van der Waals surface area contributed by atoms with Crippen LogP contribution in [0.15, 0.2) is 18.2 Å². The van der Waals surface area contributed by atoms with E-state index in [-0.39, 0.29) is 0 Å². The SMILES string of the molecule is CCC(C)CCOc1cc(C)ccc1OCCN. The summed E-state index contributed by atoms with van der Waals surface area (Å²) < 4.78 is 11.4. The highest BCUT2D eigenvalue weighted by Gasteiger charge is 2.06. The Bertz CT molecular complexity index is 352. The Balaban J connectivity index is 2.58. The van der Waals surface area contributed by atoms with Crippen LogP contribution in [0.4, 0.5) is 0 Å². The van der Waals surface area contributed by atoms with Crippen molar-refractivity contribution in [1.82, 2.24) is 0 Å². The third-order valence-corrected chi connectivity index (χ3v) is 3.04. The minimum atomic E-state index is 0.514. The minimum absolute atomic E-state index is 0.514. The van der Waals surface area contributed by atoms with Crippen LogP contribution in [0.25, 0.3) is 0 Å². The van der Waals surface area contributed by atoms with Crippen molar-refractivity contribution < 1.29 is 9.47 Å². The first-order chi connectivity index (χ1) is 8.67. The molecule has 18 heavy (non-hydrogen) atoms. The Labute approximate surface area is 110 Å². The van der Waals surface area contributed by atoms with Crippen molar-refractivity contribution in [2.75, 3.05) is 19.8 Å². The predicted octanol–water partition coefficient (Wildman–Crippen LogP) is 3.15. The van der Waals surface area contributed by atoms with E-state index in [1.807, 2.05) is 25.1 Å². The van der Waals surface area contributed by atoms with Crippen molar-refractivity contribution in [2.24, 2.45) is 11.7 Å². The van der Waals surface area contributed by atoms with Gasteiger partial charge in [0, 0.05) is 6.54 Å². The van der Waals surface area contributed by atoms with Crippen LogP contribution < -0.4 is 15.2 Å². The molecule has 0 saturated heterocycles. The maximum absolute atomic E-state index is 5.82. The molecule has 0 spiro atoms. The van der Waals surface area contributed by atoms with Gasteiger partial charge in [0.15, 0.2) is 11.5 Å². The van der Waals surface area contributed by atoms with Gasteiger partial charge in [-0.2, -0.15) is 0 Å². The van der Waals surface area contributed by atoms with Crippen LogP contribution in [0.2, 0.25) is 0 Å². The second-order valence-corrected chi connectivity index (χ2v) is 4.74. The molecule has 0 radical (unpaired) electrons. The zero-order valence-corrected chi connectivity index (χ0v) is 11.7. The van der Waals surface area contributed by atoms with Gasteiger partial charge in [-0.05, 0) is 37.0 Å². The molecule has 3 nitrogen and oxygen atoms in total. The Kier molecular flexibility index (Phi) is 6.58. The molecule has 0 bridgehead atoms. The molecule has 0 heterocycles. The molecule has 0 amide bonds. The number of nitrogens with two attached hydrogens (primary N) is 1. The lowest BCUT2D eigenvalue weighted by molar-refractivity contribution is 0.254. The molecular weight excluding hydrogens is 226 g/mol. The molecule has 102 valence electrons. The van der Waals surface area contributed by atoms with Gasteiger partial charge in [0.25, 0.3) is 0 Å². The summed E-state index contributed by atoms with van der Waals surface area (Å²) in [5.41, 5.74) is 6.62. The van der Waals surface area contributed by atoms with Crippen molar-refractivity contribution in [3.8, 4) is 11.5 Å². The first kappa shape index (κ1) is 14.8. The summed E-state index contributed by atoms with van der Waals surface area (Å²) in [4.78, 5) is 0. The summed E-state index contributed by atoms with van der Waals surface area (Å²) in [5, 5.41) is 0. The first-order valence-electron chi connectivity index (χ1n) is 6.73. The fourth-order valence-electron chi connectivity index (χ4n) is 1.59. The van der Waals surface area contributed by atoms with Gasteiger partial charge in [-0.15, -0.1) is 0 Å². The number of ether oxygens (including phenoxy) is 2. The standard InChI is InChI=1S/C15H25NO2/c1-4-12(2)7-9-17-15-11-13(3)5-6-14(15)18-10-8-16/h5-6,11-12H,4,7-10,16H2,1-3H3. The van der Waals surface area contributed by atoms with Crippen molar-refractivity contribution in [3.63, 3.8) is 0 Å². The van der Waals surface area contributed by atoms with E-state index in [1.165, 1.54) is 12.0 Å². The quantitative estimate of drug-likeness (QED) is 0.772. The van der Waals surface area contributed by atoms with Crippen LogP contribution in [0.1, 0.15) is 32.3 Å². The monoisotopic (exact) mass is 251 g/mol. The van der Waals surface area contributed by atoms with Gasteiger partial charge in [-0.3, -0.25) is 0 Å². The number of hydrogen-bond donors (Lipinski definition) is 1. The van der Waals surface area contributed by atoms with Crippen LogP contribution >= 0.6 is 0 Å². The Morgan fingerprint density at radius 2 is 1.89 bits per heavy atom. The number of hydrogen-bond acceptors (Lipinski definition) is 3. The van der Waals surface area contributed by atoms with E-state index in [2.05, 4.69) is 13.8 Å². The summed E-state index contributed by atoms with van der Waals surface area (Å²) in [6.45, 7) is 8.26. The first-order valence-corrected chi connectivity index (χ1v) is 6.73. The molecular formula is C15H25NO2. The molecule has 0 fully saturated rings. The van der Waals surface area contributed by atoms with E-state index in [0.717, 1.165) is 24.5 Å². The summed E-state index contributed by atoms with van der Waals surface area (Å²) >= 11 is 0. The van der Waals surface area contributed by atoms with Gasteiger partial charge in [0.2, 0.25) is 0 Å². The predicted molar refractivity (Wildman–Crippen MR) is 75.3 cm³/mol.